The van der Waals surface area contributed by atoms with E-state index in [1.807, 2.05) is 12.3 Å². The Morgan fingerprint density at radius 1 is 1.28 bits per heavy atom. The van der Waals surface area contributed by atoms with E-state index < -0.39 is 0 Å². The van der Waals surface area contributed by atoms with Crippen molar-refractivity contribution in [1.29, 1.82) is 0 Å². The van der Waals surface area contributed by atoms with Crippen LogP contribution in [-0.4, -0.2) is 29.3 Å². The lowest BCUT2D eigenvalue weighted by molar-refractivity contribution is 0.180. The van der Waals surface area contributed by atoms with Gasteiger partial charge in [0.2, 0.25) is 0 Å². The van der Waals surface area contributed by atoms with Gasteiger partial charge in [0.1, 0.15) is 11.6 Å². The van der Waals surface area contributed by atoms with E-state index >= 15 is 0 Å². The highest BCUT2D eigenvalue weighted by Gasteiger charge is 2.31. The Labute approximate surface area is 113 Å². The maximum Gasteiger partial charge on any atom is 0.191 e. The van der Waals surface area contributed by atoms with Gasteiger partial charge in [0.25, 0.3) is 0 Å². The molecule has 0 saturated heterocycles. The van der Waals surface area contributed by atoms with Crippen LogP contribution in [0.25, 0.3) is 0 Å². The van der Waals surface area contributed by atoms with E-state index in [0.717, 1.165) is 29.9 Å². The highest BCUT2D eigenvalue weighted by atomic mass is 32.2. The van der Waals surface area contributed by atoms with Crippen molar-refractivity contribution in [2.75, 3.05) is 30.0 Å². The Balaban J connectivity index is 2.03. The molecule has 0 spiro atoms. The highest BCUT2D eigenvalue weighted by molar-refractivity contribution is 7.98. The van der Waals surface area contributed by atoms with Crippen LogP contribution < -0.4 is 10.6 Å². The topological polar surface area (TPSA) is 49.8 Å². The summed E-state index contributed by atoms with van der Waals surface area (Å²) in [6.07, 6.45) is 6.00. The van der Waals surface area contributed by atoms with Crippen molar-refractivity contribution < 1.29 is 0 Å². The molecule has 1 aromatic heterocycles. The Bertz CT molecular complexity index is 404. The van der Waals surface area contributed by atoms with Crippen LogP contribution in [0, 0.1) is 5.41 Å². The molecular formula is C13H22N4S. The molecule has 18 heavy (non-hydrogen) atoms. The molecule has 5 heteroatoms. The van der Waals surface area contributed by atoms with Gasteiger partial charge < -0.3 is 10.6 Å². The number of nitrogens with one attached hydrogen (secondary N) is 2. The van der Waals surface area contributed by atoms with Crippen molar-refractivity contribution in [2.24, 2.45) is 5.41 Å². The second-order valence-electron chi connectivity index (χ2n) is 5.17. The van der Waals surface area contributed by atoms with E-state index in [4.69, 9.17) is 0 Å². The predicted octanol–water partition coefficient (Wildman–Crippen LogP) is 3.23. The summed E-state index contributed by atoms with van der Waals surface area (Å²) in [4.78, 5) is 8.92. The molecule has 0 radical (unpaired) electrons. The van der Waals surface area contributed by atoms with E-state index in [-0.39, 0.29) is 0 Å². The molecule has 1 aliphatic rings. The van der Waals surface area contributed by atoms with E-state index in [1.165, 1.54) is 19.3 Å². The Kier molecular flexibility index (Phi) is 4.32. The summed E-state index contributed by atoms with van der Waals surface area (Å²) in [5, 5.41) is 7.51. The molecule has 0 unspecified atom stereocenters. The van der Waals surface area contributed by atoms with Gasteiger partial charge in [-0.25, -0.2) is 9.97 Å². The summed E-state index contributed by atoms with van der Waals surface area (Å²) in [5.41, 5.74) is 0.461. The van der Waals surface area contributed by atoms with E-state index in [0.29, 0.717) is 5.41 Å². The van der Waals surface area contributed by atoms with Crippen molar-refractivity contribution in [3.05, 3.63) is 6.07 Å². The third-order valence-corrected chi connectivity index (χ3v) is 4.05. The first kappa shape index (κ1) is 13.5. The van der Waals surface area contributed by atoms with Gasteiger partial charge in [-0.05, 0) is 31.4 Å². The fourth-order valence-corrected chi connectivity index (χ4v) is 2.52. The van der Waals surface area contributed by atoms with Crippen LogP contribution in [0.1, 0.15) is 33.1 Å². The molecule has 2 rings (SSSR count). The lowest BCUT2D eigenvalue weighted by Gasteiger charge is -2.38. The van der Waals surface area contributed by atoms with E-state index in [2.05, 4.69) is 34.4 Å². The molecule has 1 saturated carbocycles. The molecule has 0 aliphatic heterocycles. The largest absolute Gasteiger partial charge is 0.370 e. The normalized spacial score (nSPS) is 17.1. The van der Waals surface area contributed by atoms with Crippen LogP contribution in [0.4, 0.5) is 11.6 Å². The Morgan fingerprint density at radius 2 is 1.94 bits per heavy atom. The Hall–Kier alpha value is -0.970. The summed E-state index contributed by atoms with van der Waals surface area (Å²) in [7, 11) is 0. The molecule has 1 heterocycles. The quantitative estimate of drug-likeness (QED) is 0.611. The molecular weight excluding hydrogens is 244 g/mol. The van der Waals surface area contributed by atoms with Gasteiger partial charge in [-0.3, -0.25) is 0 Å². The molecule has 0 atom stereocenters. The third-order valence-electron chi connectivity index (χ3n) is 3.50. The second kappa shape index (κ2) is 5.78. The average molecular weight is 266 g/mol. The van der Waals surface area contributed by atoms with Crippen LogP contribution >= 0.6 is 11.8 Å². The lowest BCUT2D eigenvalue weighted by Crippen LogP contribution is -2.33. The number of aromatic nitrogens is 2. The summed E-state index contributed by atoms with van der Waals surface area (Å²) in [5.74, 6) is 1.83. The lowest BCUT2D eigenvalue weighted by atomic mass is 9.70. The van der Waals surface area contributed by atoms with Crippen molar-refractivity contribution >= 4 is 23.4 Å². The van der Waals surface area contributed by atoms with Crippen molar-refractivity contribution in [3.8, 4) is 0 Å². The Morgan fingerprint density at radius 3 is 2.44 bits per heavy atom. The number of thioether (sulfide) groups is 1. The monoisotopic (exact) mass is 266 g/mol. The smallest absolute Gasteiger partial charge is 0.191 e. The SMILES string of the molecule is CCNc1cc(NCC2(C)CCC2)nc(SC)n1. The molecule has 4 nitrogen and oxygen atoms in total. The molecule has 1 aromatic rings. The van der Waals surface area contributed by atoms with E-state index in [1.54, 1.807) is 11.8 Å². The van der Waals surface area contributed by atoms with E-state index in [9.17, 15) is 0 Å². The zero-order chi connectivity index (χ0) is 13.0. The first-order chi connectivity index (χ1) is 8.65. The third kappa shape index (κ3) is 3.28. The minimum absolute atomic E-state index is 0.461. The number of rotatable bonds is 6. The molecule has 0 amide bonds. The minimum atomic E-state index is 0.461. The van der Waals surface area contributed by atoms with Gasteiger partial charge >= 0.3 is 0 Å². The predicted molar refractivity (Wildman–Crippen MR) is 78.4 cm³/mol. The fraction of sp³-hybridized carbons (Fsp3) is 0.692. The average Bonchev–Trinajstić information content (AvgIpc) is 2.34. The number of anilines is 2. The standard InChI is InChI=1S/C13H22N4S/c1-4-14-10-8-11(17-12(16-10)18-3)15-9-13(2)6-5-7-13/h8H,4-7,9H2,1-3H3,(H2,14,15,16,17). The fourth-order valence-electron chi connectivity index (χ4n) is 2.14. The van der Waals surface area contributed by atoms with Crippen LogP contribution in [0.5, 0.6) is 0 Å². The zero-order valence-electron chi connectivity index (χ0n) is 11.4. The van der Waals surface area contributed by atoms with Crippen LogP contribution in [0.2, 0.25) is 0 Å². The van der Waals surface area contributed by atoms with Gasteiger partial charge in [0, 0.05) is 19.2 Å². The van der Waals surface area contributed by atoms with Gasteiger partial charge in [0.15, 0.2) is 5.16 Å². The van der Waals surface area contributed by atoms with Gasteiger partial charge in [0.05, 0.1) is 0 Å². The molecule has 1 aliphatic carbocycles. The van der Waals surface area contributed by atoms with Gasteiger partial charge in [-0.15, -0.1) is 0 Å². The summed E-state index contributed by atoms with van der Waals surface area (Å²) in [6.45, 7) is 6.29. The molecule has 100 valence electrons. The van der Waals surface area contributed by atoms with Crippen LogP contribution in [-0.2, 0) is 0 Å². The maximum absolute atomic E-state index is 4.50. The molecule has 0 aromatic carbocycles. The molecule has 0 bridgehead atoms. The van der Waals surface area contributed by atoms with Gasteiger partial charge in [-0.1, -0.05) is 25.1 Å². The van der Waals surface area contributed by atoms with Crippen molar-refractivity contribution in [3.63, 3.8) is 0 Å². The first-order valence-electron chi connectivity index (χ1n) is 6.56. The second-order valence-corrected chi connectivity index (χ2v) is 5.95. The van der Waals surface area contributed by atoms with Crippen LogP contribution in [0.15, 0.2) is 11.2 Å². The minimum Gasteiger partial charge on any atom is -0.370 e. The van der Waals surface area contributed by atoms with Crippen LogP contribution in [0.3, 0.4) is 0 Å². The van der Waals surface area contributed by atoms with Gasteiger partial charge in [-0.2, -0.15) is 0 Å². The highest BCUT2D eigenvalue weighted by Crippen LogP contribution is 2.40. The van der Waals surface area contributed by atoms with Crippen molar-refractivity contribution in [1.82, 2.24) is 9.97 Å². The first-order valence-corrected chi connectivity index (χ1v) is 7.78. The maximum atomic E-state index is 4.50. The zero-order valence-corrected chi connectivity index (χ0v) is 12.2. The molecule has 2 N–H and O–H groups in total. The summed E-state index contributed by atoms with van der Waals surface area (Å²) in [6, 6.07) is 1.99. The molecule has 1 fully saturated rings. The number of hydrogen-bond acceptors (Lipinski definition) is 5. The number of nitrogens with zero attached hydrogens (tertiary/aromatic N) is 2. The number of hydrogen-bond donors (Lipinski definition) is 2. The summed E-state index contributed by atoms with van der Waals surface area (Å²) < 4.78 is 0. The van der Waals surface area contributed by atoms with Crippen molar-refractivity contribution in [2.45, 2.75) is 38.3 Å². The summed E-state index contributed by atoms with van der Waals surface area (Å²) >= 11 is 1.57.